The zero-order chi connectivity index (χ0) is 30.2. The molecule has 10 nitrogen and oxygen atoms in total. The van der Waals surface area contributed by atoms with Crippen molar-refractivity contribution < 1.29 is 38.6 Å². The van der Waals surface area contributed by atoms with Crippen molar-refractivity contribution in [2.75, 3.05) is 9.80 Å². The van der Waals surface area contributed by atoms with Gasteiger partial charge in [-0.1, -0.05) is 35.9 Å². The molecule has 2 saturated heterocycles. The average Bonchev–Trinajstić information content (AvgIpc) is 3.64. The SMILES string of the molecule is CC12C(=O)N(c3ccccc3)C(=O)C1CC1C(=CCC3C(=O)N(c4cccc(C(=O)O)c4)C(=O)C31)C2c1ccc(CO)o1. The standard InChI is InChI=1S/C33H28N2O8/c1-33-24(29(38)35(32(33)42)18-7-3-2-4-8-18)15-23-21(27(33)25-13-10-20(16-36)43-25)11-12-22-26(23)30(39)34(28(22)37)19-9-5-6-17(14-19)31(40)41/h2-11,13-14,22-24,26-27,36H,12,15-16H2,1H3,(H,40,41). The summed E-state index contributed by atoms with van der Waals surface area (Å²) in [6.45, 7) is 1.42. The highest BCUT2D eigenvalue weighted by Crippen LogP contribution is 2.63. The lowest BCUT2D eigenvalue weighted by molar-refractivity contribution is -0.131. The van der Waals surface area contributed by atoms with E-state index in [1.165, 1.54) is 29.2 Å². The summed E-state index contributed by atoms with van der Waals surface area (Å²) >= 11 is 0. The van der Waals surface area contributed by atoms with Crippen LogP contribution in [-0.4, -0.2) is 39.8 Å². The van der Waals surface area contributed by atoms with Crippen molar-refractivity contribution in [2.45, 2.75) is 32.3 Å². The third-order valence-electron chi connectivity index (χ3n) is 9.76. The molecule has 0 bridgehead atoms. The van der Waals surface area contributed by atoms with Gasteiger partial charge in [-0.2, -0.15) is 0 Å². The summed E-state index contributed by atoms with van der Waals surface area (Å²) in [5.41, 5.74) is 0.109. The Balaban J connectivity index is 1.34. The topological polar surface area (TPSA) is 145 Å². The van der Waals surface area contributed by atoms with Crippen LogP contribution < -0.4 is 9.80 Å². The summed E-state index contributed by atoms with van der Waals surface area (Å²) in [5.74, 6) is -5.63. The fourth-order valence-corrected chi connectivity index (χ4v) is 7.81. The molecule has 1 saturated carbocycles. The third kappa shape index (κ3) is 3.72. The highest BCUT2D eigenvalue weighted by molar-refractivity contribution is 6.25. The number of anilines is 2. The van der Waals surface area contributed by atoms with Gasteiger partial charge in [-0.05, 0) is 68.1 Å². The molecule has 0 spiro atoms. The molecule has 218 valence electrons. The number of rotatable bonds is 5. The fraction of sp³-hybridized carbons (Fsp3) is 0.303. The van der Waals surface area contributed by atoms with Gasteiger partial charge in [-0.15, -0.1) is 0 Å². The lowest BCUT2D eigenvalue weighted by Crippen LogP contribution is -2.48. The molecule has 0 radical (unpaired) electrons. The number of allylic oxidation sites excluding steroid dienone is 2. The van der Waals surface area contributed by atoms with Gasteiger partial charge in [0, 0.05) is 0 Å². The van der Waals surface area contributed by atoms with E-state index in [-0.39, 0.29) is 42.5 Å². The summed E-state index contributed by atoms with van der Waals surface area (Å²) in [6.07, 6.45) is 2.33. The molecule has 3 heterocycles. The van der Waals surface area contributed by atoms with Crippen LogP contribution in [0.25, 0.3) is 0 Å². The Morgan fingerprint density at radius 3 is 2.35 bits per heavy atom. The monoisotopic (exact) mass is 580 g/mol. The summed E-state index contributed by atoms with van der Waals surface area (Å²) < 4.78 is 6.01. The number of nitrogens with zero attached hydrogens (tertiary/aromatic N) is 2. The van der Waals surface area contributed by atoms with E-state index in [1.807, 2.05) is 6.08 Å². The molecule has 2 aliphatic carbocycles. The maximum atomic E-state index is 14.3. The number of para-hydroxylation sites is 1. The number of aliphatic hydroxyl groups excluding tert-OH is 1. The van der Waals surface area contributed by atoms with Gasteiger partial charge in [0.25, 0.3) is 0 Å². The van der Waals surface area contributed by atoms with Crippen molar-refractivity contribution in [3.8, 4) is 0 Å². The predicted molar refractivity (Wildman–Crippen MR) is 152 cm³/mol. The van der Waals surface area contributed by atoms with Gasteiger partial charge in [-0.25, -0.2) is 9.69 Å². The summed E-state index contributed by atoms with van der Waals surface area (Å²) in [5, 5.41) is 19.2. The minimum Gasteiger partial charge on any atom is -0.478 e. The number of furan rings is 1. The molecule has 6 atom stereocenters. The zero-order valence-electron chi connectivity index (χ0n) is 23.2. The lowest BCUT2D eigenvalue weighted by Gasteiger charge is -2.48. The van der Waals surface area contributed by atoms with Crippen LogP contribution in [0.5, 0.6) is 0 Å². The van der Waals surface area contributed by atoms with E-state index in [2.05, 4.69) is 0 Å². The molecule has 4 amide bonds. The van der Waals surface area contributed by atoms with E-state index >= 15 is 0 Å². The number of aromatic carboxylic acids is 1. The number of amides is 4. The Bertz CT molecular complexity index is 1740. The minimum absolute atomic E-state index is 0.0474. The number of carboxylic acids is 1. The van der Waals surface area contributed by atoms with Crippen molar-refractivity contribution in [3.63, 3.8) is 0 Å². The first-order valence-corrected chi connectivity index (χ1v) is 14.2. The largest absolute Gasteiger partial charge is 0.478 e. The highest BCUT2D eigenvalue weighted by atomic mass is 16.4. The van der Waals surface area contributed by atoms with Gasteiger partial charge in [0.1, 0.15) is 18.1 Å². The Kier molecular flexibility index (Phi) is 6.04. The molecule has 1 aromatic heterocycles. The molecule has 2 aromatic carbocycles. The quantitative estimate of drug-likeness (QED) is 0.341. The van der Waals surface area contributed by atoms with Crippen molar-refractivity contribution >= 4 is 41.0 Å². The van der Waals surface area contributed by atoms with E-state index in [0.29, 0.717) is 17.2 Å². The molecular formula is C33H28N2O8. The van der Waals surface area contributed by atoms with Gasteiger partial charge < -0.3 is 14.6 Å². The molecular weight excluding hydrogens is 552 g/mol. The molecule has 7 rings (SSSR count). The maximum Gasteiger partial charge on any atom is 0.335 e. The van der Waals surface area contributed by atoms with E-state index in [1.54, 1.807) is 49.4 Å². The molecule has 6 unspecified atom stereocenters. The molecule has 3 fully saturated rings. The fourth-order valence-electron chi connectivity index (χ4n) is 7.81. The van der Waals surface area contributed by atoms with Gasteiger partial charge in [0.2, 0.25) is 23.6 Å². The van der Waals surface area contributed by atoms with Crippen LogP contribution in [0.1, 0.15) is 47.6 Å². The number of imide groups is 2. The summed E-state index contributed by atoms with van der Waals surface area (Å²) in [7, 11) is 0. The van der Waals surface area contributed by atoms with Crippen LogP contribution in [-0.2, 0) is 25.8 Å². The number of carboxylic acid groups (broad SMARTS) is 1. The predicted octanol–water partition coefficient (Wildman–Crippen LogP) is 3.91. The van der Waals surface area contributed by atoms with Crippen LogP contribution in [0.3, 0.4) is 0 Å². The van der Waals surface area contributed by atoms with Crippen LogP contribution in [0.4, 0.5) is 11.4 Å². The first kappa shape index (κ1) is 27.0. The normalized spacial score (nSPS) is 29.8. The van der Waals surface area contributed by atoms with E-state index in [4.69, 9.17) is 4.42 Å². The second kappa shape index (κ2) is 9.60. The number of hydrogen-bond acceptors (Lipinski definition) is 7. The van der Waals surface area contributed by atoms with Gasteiger partial charge in [0.05, 0.1) is 46.0 Å². The second-order valence-electron chi connectivity index (χ2n) is 11.8. The molecule has 2 N–H and O–H groups in total. The van der Waals surface area contributed by atoms with Crippen molar-refractivity contribution in [1.82, 2.24) is 0 Å². The first-order valence-electron chi connectivity index (χ1n) is 14.2. The summed E-state index contributed by atoms with van der Waals surface area (Å²) in [4.78, 5) is 70.1. The zero-order valence-corrected chi connectivity index (χ0v) is 23.2. The van der Waals surface area contributed by atoms with Gasteiger partial charge in [-0.3, -0.25) is 24.1 Å². The number of aliphatic hydroxyl groups is 1. The van der Waals surface area contributed by atoms with Gasteiger partial charge in [0.15, 0.2) is 0 Å². The molecule has 2 aliphatic heterocycles. The van der Waals surface area contributed by atoms with Crippen LogP contribution in [0.2, 0.25) is 0 Å². The minimum atomic E-state index is -1.24. The number of fused-ring (bicyclic) bond motifs is 4. The number of carbonyl (C=O) groups excluding carboxylic acids is 4. The molecule has 4 aliphatic rings. The van der Waals surface area contributed by atoms with Crippen LogP contribution >= 0.6 is 0 Å². The van der Waals surface area contributed by atoms with Crippen LogP contribution in [0.15, 0.2) is 82.8 Å². The van der Waals surface area contributed by atoms with E-state index < -0.39 is 52.8 Å². The second-order valence-corrected chi connectivity index (χ2v) is 11.8. The maximum absolute atomic E-state index is 14.3. The third-order valence-corrected chi connectivity index (χ3v) is 9.76. The number of hydrogen-bond donors (Lipinski definition) is 2. The lowest BCUT2D eigenvalue weighted by atomic mass is 9.52. The number of benzene rings is 2. The molecule has 3 aromatic rings. The summed E-state index contributed by atoms with van der Waals surface area (Å²) in [6, 6.07) is 17.7. The van der Waals surface area contributed by atoms with Crippen molar-refractivity contribution in [2.24, 2.45) is 29.1 Å². The first-order chi connectivity index (χ1) is 20.7. The highest BCUT2D eigenvalue weighted by Gasteiger charge is 2.68. The smallest absolute Gasteiger partial charge is 0.335 e. The van der Waals surface area contributed by atoms with Crippen molar-refractivity contribution in [1.29, 1.82) is 0 Å². The van der Waals surface area contributed by atoms with E-state index in [0.717, 1.165) is 10.5 Å². The van der Waals surface area contributed by atoms with Crippen molar-refractivity contribution in [3.05, 3.63) is 95.5 Å². The number of carbonyl (C=O) groups is 5. The molecule has 43 heavy (non-hydrogen) atoms. The Labute approximate surface area is 246 Å². The Morgan fingerprint density at radius 1 is 0.907 bits per heavy atom. The molecule has 10 heteroatoms. The Morgan fingerprint density at radius 2 is 1.65 bits per heavy atom. The average molecular weight is 581 g/mol. The van der Waals surface area contributed by atoms with E-state index in [9.17, 15) is 34.2 Å². The van der Waals surface area contributed by atoms with Crippen LogP contribution in [0, 0.1) is 29.1 Å². The van der Waals surface area contributed by atoms with Gasteiger partial charge >= 0.3 is 5.97 Å². The Hall–Kier alpha value is -4.83.